The van der Waals surface area contributed by atoms with Crippen LogP contribution >= 0.6 is 0 Å². The molecule has 8 nitrogen and oxygen atoms in total. The van der Waals surface area contributed by atoms with Crippen LogP contribution in [0.2, 0.25) is 0 Å². The average Bonchev–Trinajstić information content (AvgIpc) is 3.40. The first-order chi connectivity index (χ1) is 13.6. The molecular weight excluding hydrogens is 362 g/mol. The zero-order valence-corrected chi connectivity index (χ0v) is 15.3. The lowest BCUT2D eigenvalue weighted by molar-refractivity contribution is -0.0124. The third-order valence-electron chi connectivity index (χ3n) is 4.42. The Morgan fingerprint density at radius 2 is 2.00 bits per heavy atom. The van der Waals surface area contributed by atoms with Crippen molar-refractivity contribution in [3.8, 4) is 11.5 Å². The van der Waals surface area contributed by atoms with Gasteiger partial charge in [0.1, 0.15) is 0 Å². The van der Waals surface area contributed by atoms with Gasteiger partial charge in [0, 0.05) is 30.4 Å². The van der Waals surface area contributed by atoms with Crippen molar-refractivity contribution in [3.63, 3.8) is 0 Å². The van der Waals surface area contributed by atoms with Crippen LogP contribution in [0.4, 0.5) is 5.69 Å². The van der Waals surface area contributed by atoms with Gasteiger partial charge in [-0.2, -0.15) is 0 Å². The van der Waals surface area contributed by atoms with Gasteiger partial charge in [-0.05, 0) is 43.3 Å². The van der Waals surface area contributed by atoms with Crippen molar-refractivity contribution >= 4 is 17.5 Å². The SMILES string of the molecule is CC1CN(C(=O)c2ccc(NC(=O)c3cc(-c4ccco4)on3)cc2)CCO1. The van der Waals surface area contributed by atoms with E-state index in [4.69, 9.17) is 13.7 Å². The topological polar surface area (TPSA) is 97.8 Å². The fourth-order valence-electron chi connectivity index (χ4n) is 2.99. The lowest BCUT2D eigenvalue weighted by atomic mass is 10.1. The van der Waals surface area contributed by atoms with Crippen LogP contribution in [-0.2, 0) is 4.74 Å². The molecule has 1 aromatic carbocycles. The Bertz CT molecular complexity index is 962. The Hall–Kier alpha value is -3.39. The van der Waals surface area contributed by atoms with E-state index in [1.54, 1.807) is 41.3 Å². The zero-order chi connectivity index (χ0) is 19.5. The molecule has 0 spiro atoms. The lowest BCUT2D eigenvalue weighted by Crippen LogP contribution is -2.44. The van der Waals surface area contributed by atoms with Crippen LogP contribution in [0.5, 0.6) is 0 Å². The number of rotatable bonds is 4. The van der Waals surface area contributed by atoms with Crippen LogP contribution < -0.4 is 5.32 Å². The molecule has 2 amide bonds. The summed E-state index contributed by atoms with van der Waals surface area (Å²) in [6.07, 6.45) is 1.54. The fraction of sp³-hybridized carbons (Fsp3) is 0.250. The van der Waals surface area contributed by atoms with E-state index >= 15 is 0 Å². The Kier molecular flexibility index (Phi) is 4.94. The highest BCUT2D eigenvalue weighted by Crippen LogP contribution is 2.21. The minimum atomic E-state index is -0.414. The number of hydrogen-bond acceptors (Lipinski definition) is 6. The Morgan fingerprint density at radius 3 is 2.71 bits per heavy atom. The monoisotopic (exact) mass is 381 g/mol. The van der Waals surface area contributed by atoms with Crippen LogP contribution in [0.3, 0.4) is 0 Å². The fourth-order valence-corrected chi connectivity index (χ4v) is 2.99. The first-order valence-electron chi connectivity index (χ1n) is 8.93. The number of morpholine rings is 1. The predicted molar refractivity (Wildman–Crippen MR) is 99.9 cm³/mol. The molecule has 1 aliphatic rings. The molecule has 28 heavy (non-hydrogen) atoms. The number of furan rings is 1. The number of nitrogens with one attached hydrogen (secondary N) is 1. The summed E-state index contributed by atoms with van der Waals surface area (Å²) >= 11 is 0. The van der Waals surface area contributed by atoms with Gasteiger partial charge in [0.05, 0.1) is 19.0 Å². The predicted octanol–water partition coefficient (Wildman–Crippen LogP) is 3.05. The van der Waals surface area contributed by atoms with Crippen LogP contribution in [0.25, 0.3) is 11.5 Å². The van der Waals surface area contributed by atoms with E-state index in [0.29, 0.717) is 42.5 Å². The molecule has 0 aliphatic carbocycles. The molecule has 0 bridgehead atoms. The van der Waals surface area contributed by atoms with Crippen molar-refractivity contribution in [1.29, 1.82) is 0 Å². The van der Waals surface area contributed by atoms with Crippen LogP contribution in [0.15, 0.2) is 57.7 Å². The Morgan fingerprint density at radius 1 is 1.18 bits per heavy atom. The molecule has 1 N–H and O–H groups in total. The maximum Gasteiger partial charge on any atom is 0.277 e. The molecular formula is C20H19N3O5. The number of nitrogens with zero attached hydrogens (tertiary/aromatic N) is 2. The van der Waals surface area contributed by atoms with Crippen LogP contribution in [0.1, 0.15) is 27.8 Å². The van der Waals surface area contributed by atoms with Crippen molar-refractivity contribution < 1.29 is 23.3 Å². The highest BCUT2D eigenvalue weighted by Gasteiger charge is 2.22. The molecule has 3 aromatic rings. The van der Waals surface area contributed by atoms with Gasteiger partial charge in [0.2, 0.25) is 5.76 Å². The van der Waals surface area contributed by atoms with Gasteiger partial charge in [-0.1, -0.05) is 5.16 Å². The van der Waals surface area contributed by atoms with Gasteiger partial charge in [0.25, 0.3) is 11.8 Å². The normalized spacial score (nSPS) is 16.8. The molecule has 1 unspecified atom stereocenters. The number of carbonyl (C=O) groups is 2. The number of carbonyl (C=O) groups excluding carboxylic acids is 2. The van der Waals surface area contributed by atoms with Crippen LogP contribution in [0, 0.1) is 0 Å². The van der Waals surface area contributed by atoms with Crippen molar-refractivity contribution in [3.05, 3.63) is 60.0 Å². The number of aromatic nitrogens is 1. The summed E-state index contributed by atoms with van der Waals surface area (Å²) in [4.78, 5) is 26.7. The summed E-state index contributed by atoms with van der Waals surface area (Å²) in [5.41, 5.74) is 1.25. The molecule has 0 radical (unpaired) electrons. The number of hydrogen-bond donors (Lipinski definition) is 1. The third-order valence-corrected chi connectivity index (χ3v) is 4.42. The summed E-state index contributed by atoms with van der Waals surface area (Å²) in [5, 5.41) is 6.50. The highest BCUT2D eigenvalue weighted by molar-refractivity contribution is 6.03. The summed E-state index contributed by atoms with van der Waals surface area (Å²) < 4.78 is 15.8. The van der Waals surface area contributed by atoms with E-state index in [1.807, 2.05) is 6.92 Å². The highest BCUT2D eigenvalue weighted by atomic mass is 16.5. The third kappa shape index (κ3) is 3.81. The average molecular weight is 381 g/mol. The molecule has 1 fully saturated rings. The summed E-state index contributed by atoms with van der Waals surface area (Å²) in [6, 6.07) is 11.7. The van der Waals surface area contributed by atoms with E-state index in [2.05, 4.69) is 10.5 Å². The molecule has 2 aromatic heterocycles. The minimum Gasteiger partial charge on any atom is -0.461 e. The number of ether oxygens (including phenoxy) is 1. The van der Waals surface area contributed by atoms with Crippen LogP contribution in [-0.4, -0.2) is 47.7 Å². The van der Waals surface area contributed by atoms with Crippen molar-refractivity contribution in [2.45, 2.75) is 13.0 Å². The molecule has 144 valence electrons. The summed E-state index contributed by atoms with van der Waals surface area (Å²) in [6.45, 7) is 3.63. The Labute approximate surface area is 161 Å². The molecule has 8 heteroatoms. The largest absolute Gasteiger partial charge is 0.461 e. The quantitative estimate of drug-likeness (QED) is 0.746. The zero-order valence-electron chi connectivity index (χ0n) is 15.3. The van der Waals surface area contributed by atoms with E-state index in [1.165, 1.54) is 12.3 Å². The first-order valence-corrected chi connectivity index (χ1v) is 8.93. The number of anilines is 1. The molecule has 1 aliphatic heterocycles. The molecule has 1 saturated heterocycles. The van der Waals surface area contributed by atoms with E-state index in [0.717, 1.165) is 0 Å². The van der Waals surface area contributed by atoms with Crippen molar-refractivity contribution in [1.82, 2.24) is 10.1 Å². The van der Waals surface area contributed by atoms with Gasteiger partial charge in [-0.3, -0.25) is 9.59 Å². The molecule has 0 saturated carbocycles. The van der Waals surface area contributed by atoms with Gasteiger partial charge in [-0.25, -0.2) is 0 Å². The van der Waals surface area contributed by atoms with E-state index < -0.39 is 5.91 Å². The van der Waals surface area contributed by atoms with Gasteiger partial charge in [0.15, 0.2) is 11.5 Å². The number of benzene rings is 1. The maximum absolute atomic E-state index is 12.6. The van der Waals surface area contributed by atoms with Gasteiger partial charge >= 0.3 is 0 Å². The summed E-state index contributed by atoms with van der Waals surface area (Å²) in [5.74, 6) is 0.401. The molecule has 1 atom stereocenters. The number of amides is 2. The minimum absolute atomic E-state index is 0.0322. The van der Waals surface area contributed by atoms with Gasteiger partial charge < -0.3 is 23.9 Å². The Balaban J connectivity index is 1.40. The van der Waals surface area contributed by atoms with Gasteiger partial charge in [-0.15, -0.1) is 0 Å². The maximum atomic E-state index is 12.6. The standard InChI is InChI=1S/C20H19N3O5/c1-13-12-23(8-10-26-13)20(25)14-4-6-15(7-5-14)21-19(24)16-11-18(28-22-16)17-3-2-9-27-17/h2-7,9,11,13H,8,10,12H2,1H3,(H,21,24). The smallest absolute Gasteiger partial charge is 0.277 e. The summed E-state index contributed by atoms with van der Waals surface area (Å²) in [7, 11) is 0. The second kappa shape index (κ2) is 7.69. The second-order valence-electron chi connectivity index (χ2n) is 6.52. The second-order valence-corrected chi connectivity index (χ2v) is 6.52. The van der Waals surface area contributed by atoms with Crippen molar-refractivity contribution in [2.75, 3.05) is 25.0 Å². The van der Waals surface area contributed by atoms with E-state index in [9.17, 15) is 9.59 Å². The first kappa shape index (κ1) is 18.0. The van der Waals surface area contributed by atoms with E-state index in [-0.39, 0.29) is 17.7 Å². The molecule has 3 heterocycles. The lowest BCUT2D eigenvalue weighted by Gasteiger charge is -2.31. The molecule has 4 rings (SSSR count). The van der Waals surface area contributed by atoms with Crippen molar-refractivity contribution in [2.24, 2.45) is 0 Å².